The summed E-state index contributed by atoms with van der Waals surface area (Å²) >= 11 is 0. The summed E-state index contributed by atoms with van der Waals surface area (Å²) in [6.07, 6.45) is 5.00. The highest BCUT2D eigenvalue weighted by molar-refractivity contribution is 5.82. The van der Waals surface area contributed by atoms with Crippen molar-refractivity contribution < 1.29 is 14.3 Å². The van der Waals surface area contributed by atoms with Crippen molar-refractivity contribution in [3.8, 4) is 0 Å². The zero-order valence-corrected chi connectivity index (χ0v) is 15.4. The number of ether oxygens (including phenoxy) is 1. The number of esters is 1. The minimum Gasteiger partial charge on any atom is -0.466 e. The SMILES string of the molecule is CCOC(=O)CCN(CCCCN1CCCC1)C(=O)C(C)(C)C. The molecule has 0 N–H and O–H groups in total. The third-order valence-corrected chi connectivity index (χ3v) is 4.17. The fraction of sp³-hybridized carbons (Fsp3) is 0.889. The van der Waals surface area contributed by atoms with Gasteiger partial charge in [-0.1, -0.05) is 20.8 Å². The fourth-order valence-electron chi connectivity index (χ4n) is 2.89. The van der Waals surface area contributed by atoms with E-state index < -0.39 is 5.41 Å². The van der Waals surface area contributed by atoms with Crippen molar-refractivity contribution in [2.75, 3.05) is 39.3 Å². The first-order valence-corrected chi connectivity index (χ1v) is 9.02. The van der Waals surface area contributed by atoms with E-state index in [2.05, 4.69) is 4.90 Å². The smallest absolute Gasteiger partial charge is 0.307 e. The molecule has 0 atom stereocenters. The van der Waals surface area contributed by atoms with E-state index in [1.54, 1.807) is 6.92 Å². The van der Waals surface area contributed by atoms with Crippen molar-refractivity contribution in [1.82, 2.24) is 9.80 Å². The van der Waals surface area contributed by atoms with Crippen LogP contribution in [0.1, 0.15) is 59.8 Å². The Balaban J connectivity index is 2.39. The van der Waals surface area contributed by atoms with Crippen molar-refractivity contribution in [3.63, 3.8) is 0 Å². The van der Waals surface area contributed by atoms with Crippen LogP contribution in [-0.2, 0) is 14.3 Å². The zero-order valence-electron chi connectivity index (χ0n) is 15.4. The van der Waals surface area contributed by atoms with E-state index in [0.717, 1.165) is 25.9 Å². The monoisotopic (exact) mass is 326 g/mol. The van der Waals surface area contributed by atoms with Gasteiger partial charge in [0, 0.05) is 18.5 Å². The van der Waals surface area contributed by atoms with E-state index in [1.807, 2.05) is 25.7 Å². The van der Waals surface area contributed by atoms with Gasteiger partial charge in [-0.3, -0.25) is 9.59 Å². The predicted molar refractivity (Wildman–Crippen MR) is 92.2 cm³/mol. The van der Waals surface area contributed by atoms with Crippen LogP contribution in [0.4, 0.5) is 0 Å². The first kappa shape index (κ1) is 19.9. The lowest BCUT2D eigenvalue weighted by molar-refractivity contribution is -0.145. The van der Waals surface area contributed by atoms with Gasteiger partial charge in [0.25, 0.3) is 0 Å². The van der Waals surface area contributed by atoms with Crippen LogP contribution in [0.5, 0.6) is 0 Å². The summed E-state index contributed by atoms with van der Waals surface area (Å²) in [6, 6.07) is 0. The van der Waals surface area contributed by atoms with Crippen molar-refractivity contribution in [2.45, 2.75) is 59.8 Å². The molecular weight excluding hydrogens is 292 g/mol. The van der Waals surface area contributed by atoms with Crippen molar-refractivity contribution in [3.05, 3.63) is 0 Å². The molecule has 1 aliphatic heterocycles. The molecule has 1 saturated heterocycles. The predicted octanol–water partition coefficient (Wildman–Crippen LogP) is 2.69. The molecule has 0 aromatic heterocycles. The van der Waals surface area contributed by atoms with Crippen LogP contribution in [0.25, 0.3) is 0 Å². The van der Waals surface area contributed by atoms with E-state index in [4.69, 9.17) is 4.74 Å². The fourth-order valence-corrected chi connectivity index (χ4v) is 2.89. The first-order chi connectivity index (χ1) is 10.8. The second kappa shape index (κ2) is 9.91. The lowest BCUT2D eigenvalue weighted by Gasteiger charge is -2.29. The molecule has 1 aliphatic rings. The Bertz CT molecular complexity index is 371. The minimum atomic E-state index is -0.413. The molecule has 1 heterocycles. The highest BCUT2D eigenvalue weighted by atomic mass is 16.5. The molecule has 5 heteroatoms. The molecule has 0 aromatic carbocycles. The van der Waals surface area contributed by atoms with Crippen LogP contribution in [-0.4, -0.2) is 61.0 Å². The second-order valence-corrected chi connectivity index (χ2v) is 7.35. The minimum absolute atomic E-state index is 0.114. The average Bonchev–Trinajstić information content (AvgIpc) is 2.98. The maximum absolute atomic E-state index is 12.5. The molecular formula is C18H34N2O3. The van der Waals surface area contributed by atoms with Crippen LogP contribution in [0.2, 0.25) is 0 Å². The van der Waals surface area contributed by atoms with E-state index >= 15 is 0 Å². The third kappa shape index (κ3) is 7.82. The topological polar surface area (TPSA) is 49.9 Å². The van der Waals surface area contributed by atoms with Crippen LogP contribution in [0.3, 0.4) is 0 Å². The van der Waals surface area contributed by atoms with Gasteiger partial charge in [-0.05, 0) is 52.2 Å². The molecule has 0 aromatic rings. The summed E-state index contributed by atoms with van der Waals surface area (Å²) in [7, 11) is 0. The summed E-state index contributed by atoms with van der Waals surface area (Å²) in [5.41, 5.74) is -0.413. The Morgan fingerprint density at radius 2 is 1.74 bits per heavy atom. The Labute approximate surface area is 141 Å². The van der Waals surface area contributed by atoms with Crippen LogP contribution in [0, 0.1) is 5.41 Å². The van der Waals surface area contributed by atoms with Gasteiger partial charge >= 0.3 is 5.97 Å². The Morgan fingerprint density at radius 1 is 1.09 bits per heavy atom. The number of carbonyl (C=O) groups is 2. The molecule has 5 nitrogen and oxygen atoms in total. The molecule has 1 fully saturated rings. The Morgan fingerprint density at radius 3 is 2.30 bits per heavy atom. The van der Waals surface area contributed by atoms with Crippen LogP contribution < -0.4 is 0 Å². The molecule has 0 bridgehead atoms. The molecule has 1 rings (SSSR count). The number of hydrogen-bond donors (Lipinski definition) is 0. The van der Waals surface area contributed by atoms with Gasteiger partial charge in [0.1, 0.15) is 0 Å². The number of carbonyl (C=O) groups excluding carboxylic acids is 2. The molecule has 23 heavy (non-hydrogen) atoms. The van der Waals surface area contributed by atoms with Gasteiger partial charge in [0.2, 0.25) is 5.91 Å². The summed E-state index contributed by atoms with van der Waals surface area (Å²) in [6.45, 7) is 12.7. The summed E-state index contributed by atoms with van der Waals surface area (Å²) in [4.78, 5) is 28.4. The van der Waals surface area contributed by atoms with Crippen molar-refractivity contribution in [2.24, 2.45) is 5.41 Å². The standard InChI is InChI=1S/C18H34N2O3/c1-5-23-16(21)10-15-20(17(22)18(2,3)4)14-9-8-13-19-11-6-7-12-19/h5-15H2,1-4H3. The van der Waals surface area contributed by atoms with Gasteiger partial charge in [-0.25, -0.2) is 0 Å². The zero-order chi connectivity index (χ0) is 17.3. The number of rotatable bonds is 9. The van der Waals surface area contributed by atoms with E-state index in [1.165, 1.54) is 25.9 Å². The van der Waals surface area contributed by atoms with Gasteiger partial charge in [0.15, 0.2) is 0 Å². The van der Waals surface area contributed by atoms with Crippen LogP contribution >= 0.6 is 0 Å². The van der Waals surface area contributed by atoms with Crippen molar-refractivity contribution >= 4 is 11.9 Å². The number of hydrogen-bond acceptors (Lipinski definition) is 4. The first-order valence-electron chi connectivity index (χ1n) is 9.02. The maximum Gasteiger partial charge on any atom is 0.307 e. The van der Waals surface area contributed by atoms with Gasteiger partial charge in [-0.15, -0.1) is 0 Å². The van der Waals surface area contributed by atoms with Gasteiger partial charge in [0.05, 0.1) is 13.0 Å². The molecule has 0 radical (unpaired) electrons. The maximum atomic E-state index is 12.5. The highest BCUT2D eigenvalue weighted by Crippen LogP contribution is 2.18. The van der Waals surface area contributed by atoms with Crippen molar-refractivity contribution in [1.29, 1.82) is 0 Å². The van der Waals surface area contributed by atoms with Gasteiger partial charge in [-0.2, -0.15) is 0 Å². The normalized spacial score (nSPS) is 15.7. The molecule has 1 amide bonds. The molecule has 0 aliphatic carbocycles. The lowest BCUT2D eigenvalue weighted by Crippen LogP contribution is -2.41. The van der Waals surface area contributed by atoms with E-state index in [9.17, 15) is 9.59 Å². The second-order valence-electron chi connectivity index (χ2n) is 7.35. The third-order valence-electron chi connectivity index (χ3n) is 4.17. The van der Waals surface area contributed by atoms with E-state index in [-0.39, 0.29) is 18.3 Å². The van der Waals surface area contributed by atoms with Crippen LogP contribution in [0.15, 0.2) is 0 Å². The van der Waals surface area contributed by atoms with Gasteiger partial charge < -0.3 is 14.5 Å². The number of amides is 1. The largest absolute Gasteiger partial charge is 0.466 e. The summed E-state index contributed by atoms with van der Waals surface area (Å²) in [5.74, 6) is -0.112. The molecule has 0 unspecified atom stereocenters. The molecule has 0 saturated carbocycles. The number of nitrogens with zero attached hydrogens (tertiary/aromatic N) is 2. The summed E-state index contributed by atoms with van der Waals surface area (Å²) < 4.78 is 4.97. The Hall–Kier alpha value is -1.10. The quantitative estimate of drug-likeness (QED) is 0.483. The highest BCUT2D eigenvalue weighted by Gasteiger charge is 2.27. The van der Waals surface area contributed by atoms with E-state index in [0.29, 0.717) is 13.2 Å². The number of likely N-dealkylation sites (tertiary alicyclic amines) is 1. The molecule has 0 spiro atoms. The number of unbranched alkanes of at least 4 members (excludes halogenated alkanes) is 1. The lowest BCUT2D eigenvalue weighted by atomic mass is 9.94. The Kier molecular flexibility index (Phi) is 8.59. The average molecular weight is 326 g/mol. The summed E-state index contributed by atoms with van der Waals surface area (Å²) in [5, 5.41) is 0. The molecule has 134 valence electrons.